The maximum Gasteiger partial charge on any atom is 0.0298 e. The summed E-state index contributed by atoms with van der Waals surface area (Å²) in [7, 11) is 0. The van der Waals surface area contributed by atoms with E-state index in [4.69, 9.17) is 0 Å². The third-order valence-corrected chi connectivity index (χ3v) is 12.8. The molecule has 0 saturated heterocycles. The summed E-state index contributed by atoms with van der Waals surface area (Å²) in [6.07, 6.45) is 0.896. The lowest BCUT2D eigenvalue weighted by Gasteiger charge is -2.24. The number of rotatable bonds is 4. The summed E-state index contributed by atoms with van der Waals surface area (Å²) in [4.78, 5) is 0. The second kappa shape index (κ2) is 11.6. The van der Waals surface area contributed by atoms with Crippen molar-refractivity contribution >= 4 is 63.7 Å². The van der Waals surface area contributed by atoms with Crippen molar-refractivity contribution in [3.05, 3.63) is 109 Å². The molecule has 0 saturated carbocycles. The Hall–Kier alpha value is -1.20. The lowest BCUT2D eigenvalue weighted by atomic mass is 9.86. The highest BCUT2D eigenvalue weighted by atomic mass is 79.9. The summed E-state index contributed by atoms with van der Waals surface area (Å²) in [6, 6.07) is 9.37. The van der Waals surface area contributed by atoms with Crippen molar-refractivity contribution in [1.29, 1.82) is 0 Å². The highest BCUT2D eigenvalue weighted by Gasteiger charge is 2.25. The minimum atomic E-state index is 0.896. The molecular weight excluding hydrogens is 740 g/mol. The monoisotopic (exact) mass is 772 g/mol. The second-order valence-corrected chi connectivity index (χ2v) is 14.3. The molecule has 0 spiro atoms. The van der Waals surface area contributed by atoms with Gasteiger partial charge in [0.1, 0.15) is 0 Å². The number of hydrogen-bond acceptors (Lipinski definition) is 0. The number of aryl methyl sites for hydroxylation is 4. The molecule has 4 aromatic rings. The van der Waals surface area contributed by atoms with E-state index >= 15 is 0 Å². The lowest BCUT2D eigenvalue weighted by Crippen LogP contribution is -2.05. The predicted octanol–water partition coefficient (Wildman–Crippen LogP) is 12.7. The Morgan fingerprint density at radius 3 is 1.10 bits per heavy atom. The van der Waals surface area contributed by atoms with E-state index in [0.717, 1.165) is 24.3 Å². The van der Waals surface area contributed by atoms with E-state index in [1.165, 1.54) is 89.0 Å². The maximum absolute atomic E-state index is 4.03. The molecule has 0 fully saturated rings. The predicted molar refractivity (Wildman–Crippen MR) is 185 cm³/mol. The molecule has 204 valence electrons. The van der Waals surface area contributed by atoms with Crippen LogP contribution in [0.3, 0.4) is 0 Å². The summed E-state index contributed by atoms with van der Waals surface area (Å²) in [5, 5.41) is 0. The molecule has 0 heterocycles. The highest BCUT2D eigenvalue weighted by molar-refractivity contribution is 9.11. The largest absolute Gasteiger partial charge is 0.0512 e. The van der Waals surface area contributed by atoms with Gasteiger partial charge in [-0.3, -0.25) is 0 Å². The van der Waals surface area contributed by atoms with Crippen LogP contribution >= 0.6 is 63.7 Å². The van der Waals surface area contributed by atoms with Crippen LogP contribution in [0.5, 0.6) is 0 Å². The van der Waals surface area contributed by atoms with Crippen molar-refractivity contribution in [2.75, 3.05) is 0 Å². The zero-order valence-electron chi connectivity index (χ0n) is 24.5. The van der Waals surface area contributed by atoms with Gasteiger partial charge in [0.15, 0.2) is 0 Å². The molecule has 0 aliphatic rings. The van der Waals surface area contributed by atoms with Crippen LogP contribution in [0.1, 0.15) is 66.8 Å². The molecule has 0 bridgehead atoms. The van der Waals surface area contributed by atoms with Gasteiger partial charge < -0.3 is 0 Å². The Morgan fingerprint density at radius 2 is 0.718 bits per heavy atom. The quantitative estimate of drug-likeness (QED) is 0.194. The molecule has 0 amide bonds. The molecule has 4 aromatic carbocycles. The van der Waals surface area contributed by atoms with Crippen LogP contribution in [0.15, 0.2) is 42.2 Å². The van der Waals surface area contributed by atoms with Crippen LogP contribution < -0.4 is 0 Å². The van der Waals surface area contributed by atoms with E-state index < -0.39 is 0 Å². The van der Waals surface area contributed by atoms with Gasteiger partial charge in [-0.15, -0.1) is 0 Å². The fraction of sp³-hybridized carbons (Fsp3) is 0.314. The van der Waals surface area contributed by atoms with Gasteiger partial charge in [-0.1, -0.05) is 24.3 Å². The summed E-state index contributed by atoms with van der Waals surface area (Å²) < 4.78 is 4.54. The van der Waals surface area contributed by atoms with Gasteiger partial charge in [-0.2, -0.15) is 0 Å². The molecule has 0 N–H and O–H groups in total. The molecule has 0 radical (unpaired) electrons. The lowest BCUT2D eigenvalue weighted by molar-refractivity contribution is 1.07. The highest BCUT2D eigenvalue weighted by Crippen LogP contribution is 2.49. The number of hydrogen-bond donors (Lipinski definition) is 0. The van der Waals surface area contributed by atoms with Crippen molar-refractivity contribution in [3.63, 3.8) is 0 Å². The minimum absolute atomic E-state index is 0.896. The van der Waals surface area contributed by atoms with E-state index in [9.17, 15) is 0 Å². The van der Waals surface area contributed by atoms with E-state index in [0.29, 0.717) is 0 Å². The first kappa shape index (κ1) is 30.8. The Kier molecular flexibility index (Phi) is 9.14. The third-order valence-electron chi connectivity index (χ3n) is 8.79. The smallest absolute Gasteiger partial charge is 0.0298 e. The van der Waals surface area contributed by atoms with E-state index in [-0.39, 0.29) is 0 Å². The first-order chi connectivity index (χ1) is 18.2. The summed E-state index contributed by atoms with van der Waals surface area (Å²) in [6.45, 7) is 22.2. The fourth-order valence-electron chi connectivity index (χ4n) is 5.62. The third kappa shape index (κ3) is 5.41. The molecule has 0 aromatic heterocycles. The SMILES string of the molecule is Cc1cc(-c2cc(C)c(Cc3c(C)c(Br)c(-c4c(Br)c(C)c(C)c(C)c4Br)c(Br)c3C)c(C)c2)cc(C)c1C. The summed E-state index contributed by atoms with van der Waals surface area (Å²) in [5.41, 5.74) is 20.9. The molecule has 4 rings (SSSR count). The van der Waals surface area contributed by atoms with Crippen LogP contribution in [0.4, 0.5) is 0 Å². The zero-order chi connectivity index (χ0) is 29.1. The van der Waals surface area contributed by atoms with Crippen molar-refractivity contribution in [3.8, 4) is 22.3 Å². The van der Waals surface area contributed by atoms with Crippen molar-refractivity contribution in [2.45, 2.75) is 75.7 Å². The van der Waals surface area contributed by atoms with Crippen molar-refractivity contribution in [2.24, 2.45) is 0 Å². The molecule has 39 heavy (non-hydrogen) atoms. The molecule has 0 atom stereocenters. The van der Waals surface area contributed by atoms with Gasteiger partial charge >= 0.3 is 0 Å². The van der Waals surface area contributed by atoms with Gasteiger partial charge in [-0.05, 0) is 217 Å². The average Bonchev–Trinajstić information content (AvgIpc) is 2.89. The van der Waals surface area contributed by atoms with Crippen LogP contribution in [-0.2, 0) is 6.42 Å². The molecule has 0 aliphatic carbocycles. The normalized spacial score (nSPS) is 11.4. The Labute approximate surface area is 268 Å². The Morgan fingerprint density at radius 1 is 0.385 bits per heavy atom. The van der Waals surface area contributed by atoms with Gasteiger partial charge in [0.2, 0.25) is 0 Å². The average molecular weight is 776 g/mol. The first-order valence-electron chi connectivity index (χ1n) is 13.3. The van der Waals surface area contributed by atoms with Crippen LogP contribution in [0.2, 0.25) is 0 Å². The van der Waals surface area contributed by atoms with E-state index in [1.54, 1.807) is 0 Å². The number of halogens is 4. The van der Waals surface area contributed by atoms with Gasteiger partial charge in [0.05, 0.1) is 0 Å². The van der Waals surface area contributed by atoms with E-state index in [2.05, 4.69) is 157 Å². The van der Waals surface area contributed by atoms with Crippen LogP contribution in [0, 0.1) is 69.2 Å². The van der Waals surface area contributed by atoms with Gasteiger partial charge in [0, 0.05) is 29.0 Å². The molecule has 4 heteroatoms. The standard InChI is InChI=1S/C35H36Br4/c1-16-11-26(12-17(2)20(16)5)27-13-18(3)28(19(4)14-27)15-29-24(9)34(38)31(35(39)25(29)10)30-32(36)22(7)21(6)23(8)33(30)37/h11-14H,15H2,1-10H3. The van der Waals surface area contributed by atoms with Crippen LogP contribution in [0.25, 0.3) is 22.3 Å². The number of benzene rings is 4. The molecule has 0 unspecified atom stereocenters. The zero-order valence-corrected chi connectivity index (χ0v) is 30.9. The summed E-state index contributed by atoms with van der Waals surface area (Å²) in [5.74, 6) is 0. The fourth-order valence-corrected chi connectivity index (χ4v) is 8.81. The topological polar surface area (TPSA) is 0 Å². The second-order valence-electron chi connectivity index (χ2n) is 11.1. The maximum atomic E-state index is 4.03. The van der Waals surface area contributed by atoms with Gasteiger partial charge in [-0.25, -0.2) is 0 Å². The molecule has 0 aliphatic heterocycles. The van der Waals surface area contributed by atoms with Crippen molar-refractivity contribution < 1.29 is 0 Å². The molecular formula is C35H36Br4. The first-order valence-corrected chi connectivity index (χ1v) is 16.4. The Balaban J connectivity index is 1.85. The summed E-state index contributed by atoms with van der Waals surface area (Å²) >= 11 is 15.9. The Bertz CT molecular complexity index is 1550. The minimum Gasteiger partial charge on any atom is -0.0512 e. The van der Waals surface area contributed by atoms with E-state index in [1.807, 2.05) is 0 Å². The van der Waals surface area contributed by atoms with Gasteiger partial charge in [0.25, 0.3) is 0 Å². The molecule has 0 nitrogen and oxygen atoms in total. The van der Waals surface area contributed by atoms with Crippen LogP contribution in [-0.4, -0.2) is 0 Å². The van der Waals surface area contributed by atoms with Crippen molar-refractivity contribution in [1.82, 2.24) is 0 Å².